The molecule has 2 aromatic rings. The van der Waals surface area contributed by atoms with Crippen LogP contribution in [0.3, 0.4) is 0 Å². The molecule has 5 heteroatoms. The van der Waals surface area contributed by atoms with E-state index in [0.717, 1.165) is 55.6 Å². The maximum Gasteiger partial charge on any atom is 0.407 e. The number of carbonyl (C=O) groups is 1. The fraction of sp³-hybridized carbons (Fsp3) is 0.480. The summed E-state index contributed by atoms with van der Waals surface area (Å²) < 4.78 is 19.2. The van der Waals surface area contributed by atoms with Gasteiger partial charge in [-0.1, -0.05) is 38.1 Å². The number of hydrogen-bond donors (Lipinski definition) is 1. The van der Waals surface area contributed by atoms with Gasteiger partial charge in [0.25, 0.3) is 0 Å². The molecular weight excluding hydrogens is 379 g/mol. The van der Waals surface area contributed by atoms with Gasteiger partial charge in [0.05, 0.1) is 6.04 Å². The van der Waals surface area contributed by atoms with Crippen molar-refractivity contribution in [1.82, 2.24) is 10.2 Å². The lowest BCUT2D eigenvalue weighted by Gasteiger charge is -2.44. The van der Waals surface area contributed by atoms with E-state index in [1.165, 1.54) is 17.7 Å². The Morgan fingerprint density at radius 3 is 2.47 bits per heavy atom. The third-order valence-electron chi connectivity index (χ3n) is 7.18. The summed E-state index contributed by atoms with van der Waals surface area (Å²) in [6.45, 7) is 7.48. The first kappa shape index (κ1) is 19.6. The van der Waals surface area contributed by atoms with Crippen LogP contribution in [0, 0.1) is 17.2 Å². The van der Waals surface area contributed by atoms with Crippen LogP contribution in [0.25, 0.3) is 11.1 Å². The van der Waals surface area contributed by atoms with E-state index in [9.17, 15) is 9.18 Å². The maximum atomic E-state index is 13.3. The Hall–Kier alpha value is -2.40. The van der Waals surface area contributed by atoms with Gasteiger partial charge < -0.3 is 10.1 Å². The number of halogens is 1. The molecule has 0 aromatic heterocycles. The van der Waals surface area contributed by atoms with E-state index in [-0.39, 0.29) is 29.5 Å². The molecule has 158 valence electrons. The predicted molar refractivity (Wildman–Crippen MR) is 115 cm³/mol. The number of nitrogens with one attached hydrogen (secondary N) is 1. The molecule has 3 aliphatic heterocycles. The molecule has 3 heterocycles. The van der Waals surface area contributed by atoms with Crippen LogP contribution in [0.15, 0.2) is 42.5 Å². The quantitative estimate of drug-likeness (QED) is 0.782. The van der Waals surface area contributed by atoms with Gasteiger partial charge in [0.1, 0.15) is 11.9 Å². The Labute approximate surface area is 177 Å². The van der Waals surface area contributed by atoms with Crippen molar-refractivity contribution in [1.29, 1.82) is 0 Å². The second kappa shape index (κ2) is 7.38. The Balaban J connectivity index is 1.35. The number of ether oxygens (including phenoxy) is 1. The molecule has 30 heavy (non-hydrogen) atoms. The molecule has 1 aliphatic carbocycles. The highest BCUT2D eigenvalue weighted by Crippen LogP contribution is 2.46. The molecule has 2 aromatic carbocycles. The van der Waals surface area contributed by atoms with Crippen molar-refractivity contribution in [3.8, 4) is 11.1 Å². The Morgan fingerprint density at radius 1 is 1.10 bits per heavy atom. The van der Waals surface area contributed by atoms with Crippen molar-refractivity contribution in [2.24, 2.45) is 11.3 Å². The van der Waals surface area contributed by atoms with Gasteiger partial charge in [-0.2, -0.15) is 0 Å². The summed E-state index contributed by atoms with van der Waals surface area (Å²) in [7, 11) is 0. The molecule has 0 saturated carbocycles. The highest BCUT2D eigenvalue weighted by Gasteiger charge is 2.42. The van der Waals surface area contributed by atoms with E-state index in [1.54, 1.807) is 12.1 Å². The van der Waals surface area contributed by atoms with Gasteiger partial charge in [-0.3, -0.25) is 4.90 Å². The van der Waals surface area contributed by atoms with Crippen LogP contribution in [0.2, 0.25) is 0 Å². The molecule has 3 fully saturated rings. The number of piperidine rings is 3. The lowest BCUT2D eigenvalue weighted by atomic mass is 9.85. The summed E-state index contributed by atoms with van der Waals surface area (Å²) in [5.74, 6) is 0.255. The van der Waals surface area contributed by atoms with Crippen molar-refractivity contribution in [2.75, 3.05) is 19.6 Å². The predicted octanol–water partition coefficient (Wildman–Crippen LogP) is 4.94. The lowest BCUT2D eigenvalue weighted by molar-refractivity contribution is -0.0348. The summed E-state index contributed by atoms with van der Waals surface area (Å²) in [6, 6.07) is 12.8. The first-order valence-electron chi connectivity index (χ1n) is 11.0. The Morgan fingerprint density at radius 2 is 1.80 bits per heavy atom. The molecule has 1 N–H and O–H groups in total. The molecule has 4 nitrogen and oxygen atoms in total. The second-order valence-corrected chi connectivity index (χ2v) is 9.74. The number of nitrogens with zero attached hydrogens (tertiary/aromatic N) is 1. The summed E-state index contributed by atoms with van der Waals surface area (Å²) in [5.41, 5.74) is 4.28. The summed E-state index contributed by atoms with van der Waals surface area (Å²) in [5, 5.41) is 3.18. The molecule has 3 saturated heterocycles. The number of fused-ring (bicyclic) bond motifs is 4. The van der Waals surface area contributed by atoms with Gasteiger partial charge >= 0.3 is 6.09 Å². The number of amides is 1. The third-order valence-corrected chi connectivity index (χ3v) is 7.18. The van der Waals surface area contributed by atoms with Crippen LogP contribution in [-0.2, 0) is 11.2 Å². The molecule has 0 radical (unpaired) electrons. The normalized spacial score (nSPS) is 28.8. The fourth-order valence-electron chi connectivity index (χ4n) is 5.47. The number of alkyl carbamates (subject to hydrolysis) is 1. The van der Waals surface area contributed by atoms with Crippen molar-refractivity contribution < 1.29 is 13.9 Å². The van der Waals surface area contributed by atoms with E-state index in [4.69, 9.17) is 4.74 Å². The summed E-state index contributed by atoms with van der Waals surface area (Å²) >= 11 is 0. The standard InChI is InChI=1S/C25H29FN2O2/c1-25(2)14-19-4-3-18(16-5-7-20(26)8-6-16)13-21(19)23(25)27-24(29)30-22-15-28-11-9-17(22)10-12-28/h3-8,13,17,22-23H,9-12,14-15H2,1-2H3,(H,27,29)/t22-,23?/m0/s1. The average Bonchev–Trinajstić information content (AvgIpc) is 2.98. The second-order valence-electron chi connectivity index (χ2n) is 9.74. The van der Waals surface area contributed by atoms with Crippen molar-refractivity contribution in [3.05, 3.63) is 59.4 Å². The minimum atomic E-state index is -0.313. The van der Waals surface area contributed by atoms with Gasteiger partial charge in [-0.05, 0) is 84.1 Å². The molecule has 0 spiro atoms. The van der Waals surface area contributed by atoms with E-state index >= 15 is 0 Å². The minimum absolute atomic E-state index is 0.00188. The maximum absolute atomic E-state index is 13.3. The molecule has 6 rings (SSSR count). The molecule has 2 atom stereocenters. The molecular formula is C25H29FN2O2. The summed E-state index contributed by atoms with van der Waals surface area (Å²) in [6.07, 6.45) is 2.83. The van der Waals surface area contributed by atoms with Crippen molar-refractivity contribution >= 4 is 6.09 Å². The van der Waals surface area contributed by atoms with Gasteiger partial charge in [-0.25, -0.2) is 9.18 Å². The SMILES string of the molecule is CC1(C)Cc2ccc(-c3ccc(F)cc3)cc2C1NC(=O)O[C@H]1CN2CCC1CC2. The Kier molecular flexibility index (Phi) is 4.81. The van der Waals surface area contributed by atoms with Gasteiger partial charge in [0.2, 0.25) is 0 Å². The topological polar surface area (TPSA) is 41.6 Å². The van der Waals surface area contributed by atoms with E-state index < -0.39 is 0 Å². The molecule has 4 aliphatic rings. The zero-order valence-electron chi connectivity index (χ0n) is 17.7. The highest BCUT2D eigenvalue weighted by atomic mass is 19.1. The first-order chi connectivity index (χ1) is 14.4. The minimum Gasteiger partial charge on any atom is -0.445 e. The van der Waals surface area contributed by atoms with Crippen molar-refractivity contribution in [3.63, 3.8) is 0 Å². The lowest BCUT2D eigenvalue weighted by Crippen LogP contribution is -2.53. The van der Waals surface area contributed by atoms with Crippen LogP contribution < -0.4 is 5.32 Å². The number of hydrogen-bond acceptors (Lipinski definition) is 3. The summed E-state index contributed by atoms with van der Waals surface area (Å²) in [4.78, 5) is 15.2. The van der Waals surface area contributed by atoms with Crippen LogP contribution in [0.1, 0.15) is 43.9 Å². The van der Waals surface area contributed by atoms with Gasteiger partial charge in [0, 0.05) is 6.54 Å². The number of carbonyl (C=O) groups excluding carboxylic acids is 1. The zero-order chi connectivity index (χ0) is 20.9. The third kappa shape index (κ3) is 3.60. The molecule has 1 unspecified atom stereocenters. The van der Waals surface area contributed by atoms with Crippen LogP contribution in [0.5, 0.6) is 0 Å². The van der Waals surface area contributed by atoms with Crippen LogP contribution in [0.4, 0.5) is 9.18 Å². The molecule has 2 bridgehead atoms. The van der Waals surface area contributed by atoms with Crippen LogP contribution in [-0.4, -0.2) is 36.7 Å². The van der Waals surface area contributed by atoms with Gasteiger partial charge in [-0.15, -0.1) is 0 Å². The van der Waals surface area contributed by atoms with Crippen molar-refractivity contribution in [2.45, 2.75) is 45.3 Å². The monoisotopic (exact) mass is 408 g/mol. The van der Waals surface area contributed by atoms with E-state index in [2.05, 4.69) is 42.3 Å². The number of rotatable bonds is 3. The smallest absolute Gasteiger partial charge is 0.407 e. The largest absolute Gasteiger partial charge is 0.445 e. The van der Waals surface area contributed by atoms with Gasteiger partial charge in [0.15, 0.2) is 0 Å². The fourth-order valence-corrected chi connectivity index (χ4v) is 5.47. The average molecular weight is 409 g/mol. The number of benzene rings is 2. The van der Waals surface area contributed by atoms with Crippen LogP contribution >= 0.6 is 0 Å². The highest BCUT2D eigenvalue weighted by molar-refractivity contribution is 5.70. The Bertz CT molecular complexity index is 948. The molecule has 1 amide bonds. The first-order valence-corrected chi connectivity index (χ1v) is 11.0. The van der Waals surface area contributed by atoms with E-state index in [1.807, 2.05) is 0 Å². The zero-order valence-corrected chi connectivity index (χ0v) is 17.7. The van der Waals surface area contributed by atoms with E-state index in [0.29, 0.717) is 5.92 Å².